The molecule has 59 heavy (non-hydrogen) atoms. The van der Waals surface area contributed by atoms with E-state index < -0.39 is 65.5 Å². The number of aromatic nitrogens is 10. The van der Waals surface area contributed by atoms with Gasteiger partial charge in [0.05, 0.1) is 29.7 Å². The van der Waals surface area contributed by atoms with E-state index in [9.17, 15) is 44.7 Å². The number of rotatable bonds is 12. The summed E-state index contributed by atoms with van der Waals surface area (Å²) >= 11 is 0. The maximum atomic E-state index is 14.5. The molecule has 1 fully saturated rings. The van der Waals surface area contributed by atoms with Gasteiger partial charge >= 0.3 is 18.9 Å². The van der Waals surface area contributed by atoms with E-state index in [1.807, 2.05) is 0 Å². The zero-order chi connectivity index (χ0) is 42.6. The largest absolute Gasteiger partial charge is 0.435 e. The summed E-state index contributed by atoms with van der Waals surface area (Å²) in [4.78, 5) is 43.8. The molecule has 1 saturated carbocycles. The average Bonchev–Trinajstić information content (AvgIpc) is 3.40. The maximum Gasteiger partial charge on any atom is 0.435 e. The SMILES string of the molecule is Cc1ncc(-c2cc(C(F)(F)F)nn2CC(C)(C)NC(=O)[C@@H](Cc2cnn(C(F)F)c2)NC(=O)[C@H]2C[C@@H]2c2ccc(-c3cnc4nn(C)cc4c3)nc2C(F)(F)F)cn1. The number of fused-ring (bicyclic) bond motifs is 1. The predicted octanol–water partition coefficient (Wildman–Crippen LogP) is 6.05. The second kappa shape index (κ2) is 15.1. The smallest absolute Gasteiger partial charge is 0.348 e. The van der Waals surface area contributed by atoms with Crippen molar-refractivity contribution in [2.45, 2.75) is 76.6 Å². The standard InChI is InChI=1S/C37H34F8N12O2/c1-18-46-13-22(14-47-18)28-10-29(36(40,41)42)53-57(28)17-35(2,3)52-33(59)27(7-19-11-49-56(15-19)34(38)39)51-32(58)25-9-24(25)23-5-6-26(50-30(23)37(43,44)45)20-8-21-16-55(4)54-31(21)48-12-20/h5-6,8,10-16,24-25,27,34H,7,9,17H2,1-4H3,(H,51,58)(H,52,59)/t24-,25+,27-/m1/s1. The monoisotopic (exact) mass is 830 g/mol. The van der Waals surface area contributed by atoms with E-state index in [0.717, 1.165) is 23.1 Å². The molecule has 2 N–H and O–H groups in total. The number of hydrogen-bond donors (Lipinski definition) is 2. The van der Waals surface area contributed by atoms with Crippen LogP contribution in [-0.2, 0) is 42.0 Å². The summed E-state index contributed by atoms with van der Waals surface area (Å²) in [5.74, 6) is -3.23. The quantitative estimate of drug-likeness (QED) is 0.140. The highest BCUT2D eigenvalue weighted by Crippen LogP contribution is 2.51. The number of carbonyl (C=O) groups is 2. The topological polar surface area (TPSA) is 163 Å². The molecule has 0 unspecified atom stereocenters. The number of alkyl halides is 8. The number of hydrogen-bond acceptors (Lipinski definition) is 9. The van der Waals surface area contributed by atoms with Gasteiger partial charge in [0.15, 0.2) is 11.3 Å². The zero-order valence-corrected chi connectivity index (χ0v) is 31.5. The Hall–Kier alpha value is -6.35. The summed E-state index contributed by atoms with van der Waals surface area (Å²) in [6, 6.07) is 3.58. The van der Waals surface area contributed by atoms with Crippen molar-refractivity contribution in [2.24, 2.45) is 13.0 Å². The van der Waals surface area contributed by atoms with Crippen molar-refractivity contribution in [2.75, 3.05) is 0 Å². The Bertz CT molecular complexity index is 2520. The summed E-state index contributed by atoms with van der Waals surface area (Å²) in [6.45, 7) is 1.22. The first-order valence-corrected chi connectivity index (χ1v) is 17.9. The van der Waals surface area contributed by atoms with Crippen molar-refractivity contribution < 1.29 is 44.7 Å². The second-order valence-corrected chi connectivity index (χ2v) is 14.9. The normalized spacial score (nSPS) is 16.4. The van der Waals surface area contributed by atoms with Crippen LogP contribution in [0.25, 0.3) is 33.5 Å². The minimum Gasteiger partial charge on any atom is -0.348 e. The van der Waals surface area contributed by atoms with E-state index in [4.69, 9.17) is 0 Å². The van der Waals surface area contributed by atoms with Crippen LogP contribution in [0.3, 0.4) is 0 Å². The molecule has 0 radical (unpaired) electrons. The van der Waals surface area contributed by atoms with Gasteiger partial charge in [-0.05, 0) is 62.4 Å². The average molecular weight is 831 g/mol. The third kappa shape index (κ3) is 9.04. The van der Waals surface area contributed by atoms with Gasteiger partial charge in [-0.1, -0.05) is 6.07 Å². The Labute approximate surface area is 329 Å². The highest BCUT2D eigenvalue weighted by atomic mass is 19.4. The summed E-state index contributed by atoms with van der Waals surface area (Å²) in [6.07, 6.45) is -2.43. The molecule has 0 aliphatic heterocycles. The van der Waals surface area contributed by atoms with Gasteiger partial charge in [0.25, 0.3) is 0 Å². The molecule has 6 aromatic heterocycles. The van der Waals surface area contributed by atoms with Crippen LogP contribution in [-0.4, -0.2) is 72.7 Å². The highest BCUT2D eigenvalue weighted by molar-refractivity contribution is 5.91. The number of pyridine rings is 2. The van der Waals surface area contributed by atoms with Crippen LogP contribution in [0.5, 0.6) is 0 Å². The molecule has 0 aromatic carbocycles. The molecule has 7 rings (SSSR count). The molecular formula is C37H34F8N12O2. The fraction of sp³-hybridized carbons (Fsp3) is 0.378. The van der Waals surface area contributed by atoms with Crippen molar-refractivity contribution in [1.29, 1.82) is 0 Å². The molecule has 1 aliphatic rings. The molecule has 2 amide bonds. The lowest BCUT2D eigenvalue weighted by Crippen LogP contribution is -2.55. The van der Waals surface area contributed by atoms with Gasteiger partial charge in [0, 0.05) is 66.9 Å². The van der Waals surface area contributed by atoms with Gasteiger partial charge in [-0.15, -0.1) is 0 Å². The predicted molar refractivity (Wildman–Crippen MR) is 192 cm³/mol. The highest BCUT2D eigenvalue weighted by Gasteiger charge is 2.49. The fourth-order valence-corrected chi connectivity index (χ4v) is 6.74. The van der Waals surface area contributed by atoms with Crippen LogP contribution < -0.4 is 10.6 Å². The summed E-state index contributed by atoms with van der Waals surface area (Å²) in [5.41, 5.74) is -2.98. The number of amides is 2. The minimum absolute atomic E-state index is 0.00401. The van der Waals surface area contributed by atoms with Crippen LogP contribution in [0.2, 0.25) is 0 Å². The lowest BCUT2D eigenvalue weighted by molar-refractivity contribution is -0.142. The molecule has 14 nitrogen and oxygen atoms in total. The zero-order valence-electron chi connectivity index (χ0n) is 31.5. The van der Waals surface area contributed by atoms with Crippen LogP contribution in [0.4, 0.5) is 35.1 Å². The Morgan fingerprint density at radius 1 is 0.915 bits per heavy atom. The molecule has 1 aliphatic carbocycles. The van der Waals surface area contributed by atoms with E-state index in [2.05, 4.69) is 45.9 Å². The van der Waals surface area contributed by atoms with E-state index in [0.29, 0.717) is 27.1 Å². The van der Waals surface area contributed by atoms with E-state index >= 15 is 0 Å². The summed E-state index contributed by atoms with van der Waals surface area (Å²) in [5, 5.41) is 17.3. The first-order chi connectivity index (χ1) is 27.6. The summed E-state index contributed by atoms with van der Waals surface area (Å²) < 4.78 is 114. The number of nitrogens with zero attached hydrogens (tertiary/aromatic N) is 10. The Kier molecular flexibility index (Phi) is 10.5. The van der Waals surface area contributed by atoms with Gasteiger partial charge in [0.2, 0.25) is 11.8 Å². The number of nitrogens with one attached hydrogen (secondary N) is 2. The first kappa shape index (κ1) is 40.8. The lowest BCUT2D eigenvalue weighted by Gasteiger charge is -2.30. The second-order valence-electron chi connectivity index (χ2n) is 14.9. The third-order valence-electron chi connectivity index (χ3n) is 9.57. The van der Waals surface area contributed by atoms with Gasteiger partial charge in [-0.25, -0.2) is 24.6 Å². The Morgan fingerprint density at radius 2 is 1.63 bits per heavy atom. The molecule has 0 saturated heterocycles. The maximum absolute atomic E-state index is 14.5. The van der Waals surface area contributed by atoms with Gasteiger partial charge in [0.1, 0.15) is 17.6 Å². The first-order valence-electron chi connectivity index (χ1n) is 17.9. The van der Waals surface area contributed by atoms with Crippen molar-refractivity contribution in [3.05, 3.63) is 89.8 Å². The van der Waals surface area contributed by atoms with Crippen LogP contribution in [0.1, 0.15) is 61.1 Å². The van der Waals surface area contributed by atoms with Gasteiger partial charge in [-0.3, -0.25) is 19.0 Å². The van der Waals surface area contributed by atoms with Crippen molar-refractivity contribution >= 4 is 22.8 Å². The third-order valence-corrected chi connectivity index (χ3v) is 9.57. The van der Waals surface area contributed by atoms with Crippen molar-refractivity contribution in [1.82, 2.24) is 59.9 Å². The van der Waals surface area contributed by atoms with Crippen LogP contribution >= 0.6 is 0 Å². The molecule has 22 heteroatoms. The van der Waals surface area contributed by atoms with Crippen LogP contribution in [0.15, 0.2) is 61.4 Å². The summed E-state index contributed by atoms with van der Waals surface area (Å²) in [7, 11) is 1.68. The molecule has 0 bridgehead atoms. The molecule has 3 atom stereocenters. The van der Waals surface area contributed by atoms with Gasteiger partial charge in [-0.2, -0.15) is 50.4 Å². The van der Waals surface area contributed by atoms with Gasteiger partial charge < -0.3 is 10.6 Å². The van der Waals surface area contributed by atoms with E-state index in [1.54, 1.807) is 26.2 Å². The number of carbonyl (C=O) groups excluding carboxylic acids is 2. The molecule has 0 spiro atoms. The molecule has 6 heterocycles. The molecule has 6 aromatic rings. The fourth-order valence-electron chi connectivity index (χ4n) is 6.74. The Balaban J connectivity index is 1.11. The lowest BCUT2D eigenvalue weighted by atomic mass is 10.0. The van der Waals surface area contributed by atoms with Crippen molar-refractivity contribution in [3.8, 4) is 22.5 Å². The Morgan fingerprint density at radius 3 is 2.29 bits per heavy atom. The van der Waals surface area contributed by atoms with Crippen molar-refractivity contribution in [3.63, 3.8) is 0 Å². The number of aryl methyl sites for hydroxylation is 2. The minimum atomic E-state index is -4.90. The van der Waals surface area contributed by atoms with E-state index in [-0.39, 0.29) is 47.5 Å². The molecular weight excluding hydrogens is 796 g/mol. The molecule has 310 valence electrons. The van der Waals surface area contributed by atoms with E-state index in [1.165, 1.54) is 49.3 Å². The number of halogens is 8. The van der Waals surface area contributed by atoms with Crippen LogP contribution in [0, 0.1) is 12.8 Å².